The Balaban J connectivity index is 1.79. The largest absolute Gasteiger partial charge is 0.406 e. The lowest BCUT2D eigenvalue weighted by molar-refractivity contribution is -0.168. The van der Waals surface area contributed by atoms with E-state index in [4.69, 9.17) is 9.26 Å². The lowest BCUT2D eigenvalue weighted by atomic mass is 10.1. The number of nitrogens with zero attached hydrogens (tertiary/aromatic N) is 2. The second-order valence-electron chi connectivity index (χ2n) is 5.78. The molecule has 1 aliphatic heterocycles. The Kier molecular flexibility index (Phi) is 4.75. The Bertz CT molecular complexity index is 708. The number of ether oxygens (including phenoxy) is 1. The molecule has 1 aromatic carbocycles. The first-order valence-electron chi connectivity index (χ1n) is 7.71. The third-order valence-electron chi connectivity index (χ3n) is 4.07. The van der Waals surface area contributed by atoms with Crippen molar-refractivity contribution < 1.29 is 27.2 Å². The average Bonchev–Trinajstić information content (AvgIpc) is 2.96. The van der Waals surface area contributed by atoms with Crippen molar-refractivity contribution in [1.82, 2.24) is 10.1 Å². The van der Waals surface area contributed by atoms with Crippen LogP contribution in [0, 0.1) is 0 Å². The SMILES string of the molecule is O=C(Cc1noc2ccccc12)N(CC(F)(F)F)C1CCOCC1. The quantitative estimate of drug-likeness (QED) is 0.857. The molecule has 0 saturated carbocycles. The number of rotatable bonds is 4. The van der Waals surface area contributed by atoms with E-state index in [9.17, 15) is 18.0 Å². The number of amides is 1. The molecule has 0 aliphatic carbocycles. The summed E-state index contributed by atoms with van der Waals surface area (Å²) in [5.74, 6) is -0.599. The third kappa shape index (κ3) is 3.87. The number of hydrogen-bond acceptors (Lipinski definition) is 4. The van der Waals surface area contributed by atoms with Crippen molar-refractivity contribution in [2.45, 2.75) is 31.5 Å². The number of halogens is 3. The lowest BCUT2D eigenvalue weighted by Crippen LogP contribution is -2.48. The summed E-state index contributed by atoms with van der Waals surface area (Å²) >= 11 is 0. The topological polar surface area (TPSA) is 55.6 Å². The maximum atomic E-state index is 12.9. The minimum Gasteiger partial charge on any atom is -0.381 e. The monoisotopic (exact) mass is 342 g/mol. The average molecular weight is 342 g/mol. The molecule has 1 amide bonds. The molecule has 1 aromatic heterocycles. The molecule has 24 heavy (non-hydrogen) atoms. The fraction of sp³-hybridized carbons (Fsp3) is 0.500. The molecule has 5 nitrogen and oxygen atoms in total. The van der Waals surface area contributed by atoms with Gasteiger partial charge in [-0.25, -0.2) is 0 Å². The van der Waals surface area contributed by atoms with Crippen molar-refractivity contribution in [2.24, 2.45) is 0 Å². The number of para-hydroxylation sites is 1. The van der Waals surface area contributed by atoms with Crippen molar-refractivity contribution in [3.05, 3.63) is 30.0 Å². The summed E-state index contributed by atoms with van der Waals surface area (Å²) in [6, 6.07) is 6.49. The number of benzene rings is 1. The van der Waals surface area contributed by atoms with E-state index in [1.165, 1.54) is 0 Å². The van der Waals surface area contributed by atoms with Gasteiger partial charge in [-0.05, 0) is 25.0 Å². The van der Waals surface area contributed by atoms with Crippen LogP contribution in [0.5, 0.6) is 0 Å². The zero-order chi connectivity index (χ0) is 17.2. The number of carbonyl (C=O) groups excluding carboxylic acids is 1. The predicted octanol–water partition coefficient (Wildman–Crippen LogP) is 2.94. The molecule has 0 atom stereocenters. The van der Waals surface area contributed by atoms with Gasteiger partial charge in [0.25, 0.3) is 0 Å². The van der Waals surface area contributed by atoms with Crippen LogP contribution >= 0.6 is 0 Å². The Morgan fingerprint density at radius 2 is 1.96 bits per heavy atom. The molecule has 1 saturated heterocycles. The van der Waals surface area contributed by atoms with Crippen LogP contribution in [-0.4, -0.2) is 47.9 Å². The van der Waals surface area contributed by atoms with E-state index < -0.39 is 24.7 Å². The highest BCUT2D eigenvalue weighted by Gasteiger charge is 2.37. The molecule has 2 heterocycles. The van der Waals surface area contributed by atoms with Gasteiger partial charge in [-0.15, -0.1) is 0 Å². The maximum Gasteiger partial charge on any atom is 0.406 e. The zero-order valence-corrected chi connectivity index (χ0v) is 12.9. The molecule has 8 heteroatoms. The van der Waals surface area contributed by atoms with E-state index in [1.807, 2.05) is 0 Å². The molecule has 0 N–H and O–H groups in total. The Hall–Kier alpha value is -2.09. The van der Waals surface area contributed by atoms with Crippen LogP contribution in [0.15, 0.2) is 28.8 Å². The molecule has 1 aliphatic rings. The number of fused-ring (bicyclic) bond motifs is 1. The van der Waals surface area contributed by atoms with Gasteiger partial charge >= 0.3 is 6.18 Å². The second kappa shape index (κ2) is 6.80. The molecular formula is C16H17F3N2O3. The van der Waals surface area contributed by atoms with Crippen molar-refractivity contribution >= 4 is 16.9 Å². The predicted molar refractivity (Wildman–Crippen MR) is 79.3 cm³/mol. The number of aromatic nitrogens is 1. The summed E-state index contributed by atoms with van der Waals surface area (Å²) in [6.07, 6.45) is -3.85. The Labute approximate surface area is 136 Å². The van der Waals surface area contributed by atoms with Gasteiger partial charge in [-0.2, -0.15) is 13.2 Å². The molecule has 0 radical (unpaired) electrons. The van der Waals surface area contributed by atoms with E-state index >= 15 is 0 Å². The second-order valence-corrected chi connectivity index (χ2v) is 5.78. The summed E-state index contributed by atoms with van der Waals surface area (Å²) in [5.41, 5.74) is 0.864. The maximum absolute atomic E-state index is 12.9. The number of alkyl halides is 3. The first kappa shape index (κ1) is 16.8. The highest BCUT2D eigenvalue weighted by molar-refractivity contribution is 5.86. The molecule has 0 unspecified atom stereocenters. The fourth-order valence-corrected chi connectivity index (χ4v) is 2.92. The van der Waals surface area contributed by atoms with E-state index in [2.05, 4.69) is 5.16 Å². The summed E-state index contributed by atoms with van der Waals surface area (Å²) < 4.78 is 49.0. The highest BCUT2D eigenvalue weighted by Crippen LogP contribution is 2.24. The number of carbonyl (C=O) groups is 1. The van der Waals surface area contributed by atoms with Crippen molar-refractivity contribution in [3.63, 3.8) is 0 Å². The van der Waals surface area contributed by atoms with E-state index in [1.54, 1.807) is 24.3 Å². The minimum atomic E-state index is -4.44. The van der Waals surface area contributed by atoms with Crippen LogP contribution in [0.25, 0.3) is 11.0 Å². The van der Waals surface area contributed by atoms with E-state index in [0.29, 0.717) is 42.7 Å². The van der Waals surface area contributed by atoms with Crippen LogP contribution in [0.2, 0.25) is 0 Å². The van der Waals surface area contributed by atoms with E-state index in [-0.39, 0.29) is 6.42 Å². The first-order chi connectivity index (χ1) is 11.4. The van der Waals surface area contributed by atoms with Crippen molar-refractivity contribution in [3.8, 4) is 0 Å². The van der Waals surface area contributed by atoms with E-state index in [0.717, 1.165) is 4.90 Å². The van der Waals surface area contributed by atoms with Gasteiger partial charge in [-0.1, -0.05) is 17.3 Å². The van der Waals surface area contributed by atoms with Crippen LogP contribution < -0.4 is 0 Å². The fourth-order valence-electron chi connectivity index (χ4n) is 2.92. The normalized spacial score (nSPS) is 16.5. The van der Waals surface area contributed by atoms with Gasteiger partial charge in [0, 0.05) is 24.6 Å². The third-order valence-corrected chi connectivity index (χ3v) is 4.07. The van der Waals surface area contributed by atoms with Gasteiger partial charge < -0.3 is 14.2 Å². The molecule has 130 valence electrons. The molecule has 3 rings (SSSR count). The molecule has 2 aromatic rings. The smallest absolute Gasteiger partial charge is 0.381 e. The summed E-state index contributed by atoms with van der Waals surface area (Å²) in [6.45, 7) is -0.537. The van der Waals surface area contributed by atoms with Crippen LogP contribution in [0.1, 0.15) is 18.5 Å². The molecule has 0 spiro atoms. The van der Waals surface area contributed by atoms with Gasteiger partial charge in [0.2, 0.25) is 5.91 Å². The van der Waals surface area contributed by atoms with Crippen molar-refractivity contribution in [2.75, 3.05) is 19.8 Å². The zero-order valence-electron chi connectivity index (χ0n) is 12.9. The van der Waals surface area contributed by atoms with Gasteiger partial charge in [0.15, 0.2) is 5.58 Å². The first-order valence-corrected chi connectivity index (χ1v) is 7.71. The van der Waals surface area contributed by atoms with Gasteiger partial charge in [0.1, 0.15) is 12.2 Å². The summed E-state index contributed by atoms with van der Waals surface area (Å²) in [7, 11) is 0. The van der Waals surface area contributed by atoms with Gasteiger partial charge in [0.05, 0.1) is 6.42 Å². The summed E-state index contributed by atoms with van der Waals surface area (Å²) in [5, 5.41) is 4.47. The molecule has 1 fully saturated rings. The van der Waals surface area contributed by atoms with Crippen LogP contribution in [0.3, 0.4) is 0 Å². The van der Waals surface area contributed by atoms with Crippen LogP contribution in [-0.2, 0) is 16.0 Å². The standard InChI is InChI=1S/C16H17F3N2O3/c17-16(18,19)10-21(11-5-7-23-8-6-11)15(22)9-13-12-3-1-2-4-14(12)24-20-13/h1-4,11H,5-10H2. The highest BCUT2D eigenvalue weighted by atomic mass is 19.4. The number of hydrogen-bond donors (Lipinski definition) is 0. The van der Waals surface area contributed by atoms with Crippen LogP contribution in [0.4, 0.5) is 13.2 Å². The lowest BCUT2D eigenvalue weighted by Gasteiger charge is -2.34. The minimum absolute atomic E-state index is 0.218. The summed E-state index contributed by atoms with van der Waals surface area (Å²) in [4.78, 5) is 13.4. The molecule has 0 bridgehead atoms. The molecular weight excluding hydrogens is 325 g/mol. The van der Waals surface area contributed by atoms with Crippen molar-refractivity contribution in [1.29, 1.82) is 0 Å². The Morgan fingerprint density at radius 3 is 2.67 bits per heavy atom. The Morgan fingerprint density at radius 1 is 1.25 bits per heavy atom. The van der Waals surface area contributed by atoms with Gasteiger partial charge in [-0.3, -0.25) is 4.79 Å².